The molecule has 1 N–H and O–H groups in total. The molecule has 0 bridgehead atoms. The second kappa shape index (κ2) is 8.36. The van der Waals surface area contributed by atoms with Crippen molar-refractivity contribution in [1.29, 1.82) is 0 Å². The van der Waals surface area contributed by atoms with Crippen molar-refractivity contribution >= 4 is 23.8 Å². The van der Waals surface area contributed by atoms with Gasteiger partial charge in [-0.05, 0) is 32.3 Å². The first kappa shape index (κ1) is 17.1. The van der Waals surface area contributed by atoms with Gasteiger partial charge in [0.2, 0.25) is 0 Å². The SMILES string of the molecule is COC(=O)[C@@H](CCSC)NC(=O)N1C[C@@H](C)O[C@H](C)C1. The molecule has 1 rings (SSSR count). The summed E-state index contributed by atoms with van der Waals surface area (Å²) < 4.78 is 10.3. The van der Waals surface area contributed by atoms with Crippen molar-refractivity contribution < 1.29 is 19.1 Å². The molecule has 2 amide bonds. The first-order chi connectivity index (χ1) is 9.47. The molecule has 20 heavy (non-hydrogen) atoms. The number of nitrogens with zero attached hydrogens (tertiary/aromatic N) is 1. The molecule has 0 aromatic rings. The van der Waals surface area contributed by atoms with Crippen molar-refractivity contribution in [3.05, 3.63) is 0 Å². The van der Waals surface area contributed by atoms with Gasteiger partial charge >= 0.3 is 12.0 Å². The van der Waals surface area contributed by atoms with Crippen LogP contribution in [0.2, 0.25) is 0 Å². The second-order valence-electron chi connectivity index (χ2n) is 4.97. The summed E-state index contributed by atoms with van der Waals surface area (Å²) in [6.07, 6.45) is 2.54. The predicted octanol–water partition coefficient (Wildman–Crippen LogP) is 1.10. The average Bonchev–Trinajstić information content (AvgIpc) is 2.41. The molecule has 0 spiro atoms. The normalized spacial score (nSPS) is 24.1. The highest BCUT2D eigenvalue weighted by Crippen LogP contribution is 2.11. The van der Waals surface area contributed by atoms with Crippen molar-refractivity contribution in [3.8, 4) is 0 Å². The summed E-state index contributed by atoms with van der Waals surface area (Å²) in [5.41, 5.74) is 0. The standard InChI is InChI=1S/C13H24N2O4S/c1-9-7-15(8-10(2)19-9)13(17)14-11(5-6-20-4)12(16)18-3/h9-11H,5-8H2,1-4H3,(H,14,17)/t9-,10-,11-/m1/s1. The van der Waals surface area contributed by atoms with Gasteiger partial charge in [-0.15, -0.1) is 0 Å². The van der Waals surface area contributed by atoms with E-state index in [1.54, 1.807) is 16.7 Å². The van der Waals surface area contributed by atoms with Gasteiger partial charge in [0.05, 0.1) is 19.3 Å². The summed E-state index contributed by atoms with van der Waals surface area (Å²) >= 11 is 1.63. The lowest BCUT2D eigenvalue weighted by Crippen LogP contribution is -2.55. The smallest absolute Gasteiger partial charge is 0.328 e. The number of esters is 1. The summed E-state index contributed by atoms with van der Waals surface area (Å²) in [5.74, 6) is 0.387. The number of nitrogens with one attached hydrogen (secondary N) is 1. The molecule has 0 unspecified atom stereocenters. The number of rotatable bonds is 5. The van der Waals surface area contributed by atoms with E-state index in [0.717, 1.165) is 5.75 Å². The highest BCUT2D eigenvalue weighted by Gasteiger charge is 2.29. The number of ether oxygens (including phenoxy) is 2. The van der Waals surface area contributed by atoms with Gasteiger partial charge in [0, 0.05) is 13.1 Å². The van der Waals surface area contributed by atoms with Gasteiger partial charge in [-0.2, -0.15) is 11.8 Å². The summed E-state index contributed by atoms with van der Waals surface area (Å²) in [4.78, 5) is 25.6. The molecule has 116 valence electrons. The Morgan fingerprint density at radius 2 is 2.00 bits per heavy atom. The number of hydrogen-bond acceptors (Lipinski definition) is 5. The minimum Gasteiger partial charge on any atom is -0.467 e. The third kappa shape index (κ3) is 5.20. The van der Waals surface area contributed by atoms with Gasteiger partial charge < -0.3 is 19.7 Å². The maximum Gasteiger partial charge on any atom is 0.328 e. The molecule has 0 aromatic heterocycles. The van der Waals surface area contributed by atoms with Crippen LogP contribution in [0, 0.1) is 0 Å². The Morgan fingerprint density at radius 3 is 2.50 bits per heavy atom. The zero-order valence-corrected chi connectivity index (χ0v) is 13.4. The van der Waals surface area contributed by atoms with E-state index in [-0.39, 0.29) is 18.2 Å². The number of thioether (sulfide) groups is 1. The van der Waals surface area contributed by atoms with Gasteiger partial charge in [0.25, 0.3) is 0 Å². The van der Waals surface area contributed by atoms with Crippen LogP contribution in [0.4, 0.5) is 4.79 Å². The third-order valence-electron chi connectivity index (χ3n) is 3.10. The van der Waals surface area contributed by atoms with Crippen LogP contribution in [0.25, 0.3) is 0 Å². The van der Waals surface area contributed by atoms with Crippen molar-refractivity contribution in [1.82, 2.24) is 10.2 Å². The number of carbonyl (C=O) groups is 2. The van der Waals surface area contributed by atoms with Crippen molar-refractivity contribution in [3.63, 3.8) is 0 Å². The molecule has 7 heteroatoms. The summed E-state index contributed by atoms with van der Waals surface area (Å²) in [6, 6.07) is -0.822. The molecule has 6 nitrogen and oxygen atoms in total. The molecule has 0 aliphatic carbocycles. The van der Waals surface area contributed by atoms with Gasteiger partial charge in [0.15, 0.2) is 0 Å². The summed E-state index contributed by atoms with van der Waals surface area (Å²) in [6.45, 7) is 4.93. The number of hydrogen-bond donors (Lipinski definition) is 1. The van der Waals surface area contributed by atoms with Crippen LogP contribution in [0.15, 0.2) is 0 Å². The molecule has 1 aliphatic heterocycles. The van der Waals surface area contributed by atoms with E-state index < -0.39 is 12.0 Å². The lowest BCUT2D eigenvalue weighted by atomic mass is 10.2. The molecule has 1 saturated heterocycles. The molecule has 0 radical (unpaired) electrons. The van der Waals surface area contributed by atoms with Crippen LogP contribution in [0.3, 0.4) is 0 Å². The minimum absolute atomic E-state index is 0.00674. The zero-order valence-electron chi connectivity index (χ0n) is 12.5. The highest BCUT2D eigenvalue weighted by atomic mass is 32.2. The van der Waals surface area contributed by atoms with Gasteiger partial charge in [-0.3, -0.25) is 0 Å². The molecule has 0 aromatic carbocycles. The number of methoxy groups -OCH3 is 1. The minimum atomic E-state index is -0.589. The molecule has 1 heterocycles. The average molecular weight is 304 g/mol. The predicted molar refractivity (Wildman–Crippen MR) is 78.9 cm³/mol. The molecule has 1 aliphatic rings. The lowest BCUT2D eigenvalue weighted by Gasteiger charge is -2.35. The van der Waals surface area contributed by atoms with E-state index in [1.165, 1.54) is 7.11 Å². The maximum absolute atomic E-state index is 12.2. The van der Waals surface area contributed by atoms with E-state index in [2.05, 4.69) is 5.32 Å². The quantitative estimate of drug-likeness (QED) is 0.770. The lowest BCUT2D eigenvalue weighted by molar-refractivity contribution is -0.143. The Hall–Kier alpha value is -0.950. The Labute approximate surface area is 124 Å². The van der Waals surface area contributed by atoms with Crippen LogP contribution in [0.5, 0.6) is 0 Å². The van der Waals surface area contributed by atoms with E-state index >= 15 is 0 Å². The van der Waals surface area contributed by atoms with Gasteiger partial charge in [-0.25, -0.2) is 9.59 Å². The number of amides is 2. The van der Waals surface area contributed by atoms with Crippen molar-refractivity contribution in [2.75, 3.05) is 32.2 Å². The van der Waals surface area contributed by atoms with Crippen LogP contribution in [-0.4, -0.2) is 67.4 Å². The van der Waals surface area contributed by atoms with Gasteiger partial charge in [-0.1, -0.05) is 0 Å². The Morgan fingerprint density at radius 1 is 1.40 bits per heavy atom. The zero-order chi connectivity index (χ0) is 15.1. The highest BCUT2D eigenvalue weighted by molar-refractivity contribution is 7.98. The van der Waals surface area contributed by atoms with E-state index in [9.17, 15) is 9.59 Å². The first-order valence-corrected chi connectivity index (χ1v) is 8.15. The Balaban J connectivity index is 2.57. The van der Waals surface area contributed by atoms with E-state index in [0.29, 0.717) is 19.5 Å². The van der Waals surface area contributed by atoms with E-state index in [1.807, 2.05) is 20.1 Å². The van der Waals surface area contributed by atoms with Crippen LogP contribution in [0.1, 0.15) is 20.3 Å². The molecule has 1 fully saturated rings. The largest absolute Gasteiger partial charge is 0.467 e. The van der Waals surface area contributed by atoms with E-state index in [4.69, 9.17) is 9.47 Å². The third-order valence-corrected chi connectivity index (χ3v) is 3.74. The summed E-state index contributed by atoms with van der Waals surface area (Å²) in [7, 11) is 1.33. The fourth-order valence-electron chi connectivity index (χ4n) is 2.21. The van der Waals surface area contributed by atoms with Gasteiger partial charge in [0.1, 0.15) is 6.04 Å². The number of morpholine rings is 1. The maximum atomic E-state index is 12.2. The molecule has 3 atom stereocenters. The van der Waals surface area contributed by atoms with Crippen LogP contribution in [-0.2, 0) is 14.3 Å². The van der Waals surface area contributed by atoms with Crippen molar-refractivity contribution in [2.24, 2.45) is 0 Å². The number of carbonyl (C=O) groups excluding carboxylic acids is 2. The Kier molecular flexibility index (Phi) is 7.15. The number of urea groups is 1. The first-order valence-electron chi connectivity index (χ1n) is 6.75. The molecular formula is C13H24N2O4S. The summed E-state index contributed by atoms with van der Waals surface area (Å²) in [5, 5.41) is 2.76. The topological polar surface area (TPSA) is 67.9 Å². The molecular weight excluding hydrogens is 280 g/mol. The fraction of sp³-hybridized carbons (Fsp3) is 0.846. The molecule has 0 saturated carbocycles. The van der Waals surface area contributed by atoms with Crippen LogP contribution >= 0.6 is 11.8 Å². The van der Waals surface area contributed by atoms with Crippen LogP contribution < -0.4 is 5.32 Å². The fourth-order valence-corrected chi connectivity index (χ4v) is 2.68. The second-order valence-corrected chi connectivity index (χ2v) is 5.95. The van der Waals surface area contributed by atoms with Crippen molar-refractivity contribution in [2.45, 2.75) is 38.5 Å². The monoisotopic (exact) mass is 304 g/mol. The Bertz CT molecular complexity index is 330.